The van der Waals surface area contributed by atoms with Crippen molar-refractivity contribution in [1.29, 1.82) is 0 Å². The van der Waals surface area contributed by atoms with E-state index in [9.17, 15) is 26.4 Å². The molecule has 0 aliphatic heterocycles. The van der Waals surface area contributed by atoms with Crippen molar-refractivity contribution in [2.75, 3.05) is 17.1 Å². The van der Waals surface area contributed by atoms with Gasteiger partial charge in [0.2, 0.25) is 0 Å². The maximum Gasteiger partial charge on any atom is 0.417 e. The number of hydrogen-bond acceptors (Lipinski definition) is 4. The number of benzene rings is 3. The number of halogens is 4. The molecule has 0 aliphatic carbocycles. The molecule has 6 nitrogen and oxygen atoms in total. The highest BCUT2D eigenvalue weighted by molar-refractivity contribution is 7.92. The SMILES string of the molecule is COc1ccc(NC(=O)c2ccccc2C(F)(F)F)cc1S(=O)(=O)Nc1ccccc1Cl. The maximum absolute atomic E-state index is 13.2. The van der Waals surface area contributed by atoms with E-state index >= 15 is 0 Å². The van der Waals surface area contributed by atoms with Gasteiger partial charge in [-0.2, -0.15) is 13.2 Å². The molecule has 11 heteroatoms. The van der Waals surface area contributed by atoms with Gasteiger partial charge in [-0.1, -0.05) is 35.9 Å². The highest BCUT2D eigenvalue weighted by atomic mass is 35.5. The van der Waals surface area contributed by atoms with Gasteiger partial charge in [0.05, 0.1) is 28.9 Å². The Kier molecular flexibility index (Phi) is 6.65. The Morgan fingerprint density at radius 3 is 2.31 bits per heavy atom. The van der Waals surface area contributed by atoms with Crippen LogP contribution >= 0.6 is 11.6 Å². The number of carbonyl (C=O) groups is 1. The first-order valence-electron chi connectivity index (χ1n) is 8.96. The van der Waals surface area contributed by atoms with Gasteiger partial charge in [0, 0.05) is 5.69 Å². The molecule has 0 aliphatic rings. The number of rotatable bonds is 6. The lowest BCUT2D eigenvalue weighted by Gasteiger charge is -2.15. The van der Waals surface area contributed by atoms with E-state index in [1.807, 2.05) is 0 Å². The van der Waals surface area contributed by atoms with Gasteiger partial charge in [0.25, 0.3) is 15.9 Å². The molecule has 0 saturated heterocycles. The van der Waals surface area contributed by atoms with Crippen molar-refractivity contribution < 1.29 is 31.1 Å². The predicted octanol–water partition coefficient (Wildman–Crippen LogP) is 5.42. The number of ether oxygens (including phenoxy) is 1. The first-order valence-corrected chi connectivity index (χ1v) is 10.8. The first kappa shape index (κ1) is 23.4. The topological polar surface area (TPSA) is 84.5 Å². The van der Waals surface area contributed by atoms with Gasteiger partial charge >= 0.3 is 6.18 Å². The van der Waals surface area contributed by atoms with Crippen LogP contribution in [0.2, 0.25) is 5.02 Å². The summed E-state index contributed by atoms with van der Waals surface area (Å²) in [6, 6.07) is 14.1. The van der Waals surface area contributed by atoms with Crippen LogP contribution < -0.4 is 14.8 Å². The summed E-state index contributed by atoms with van der Waals surface area (Å²) in [4.78, 5) is 12.2. The van der Waals surface area contributed by atoms with Crippen LogP contribution in [0.25, 0.3) is 0 Å². The predicted molar refractivity (Wildman–Crippen MR) is 115 cm³/mol. The Labute approximate surface area is 187 Å². The molecule has 2 N–H and O–H groups in total. The summed E-state index contributed by atoms with van der Waals surface area (Å²) in [5, 5.41) is 2.45. The molecule has 32 heavy (non-hydrogen) atoms. The minimum Gasteiger partial charge on any atom is -0.495 e. The maximum atomic E-state index is 13.2. The molecule has 3 rings (SSSR count). The van der Waals surface area contributed by atoms with Crippen LogP contribution in [0.4, 0.5) is 24.5 Å². The van der Waals surface area contributed by atoms with Crippen LogP contribution in [-0.4, -0.2) is 21.4 Å². The number of methoxy groups -OCH3 is 1. The Balaban J connectivity index is 1.95. The fraction of sp³-hybridized carbons (Fsp3) is 0.0952. The van der Waals surface area contributed by atoms with Crippen LogP contribution in [0.1, 0.15) is 15.9 Å². The number of alkyl halides is 3. The van der Waals surface area contributed by atoms with Crippen LogP contribution in [-0.2, 0) is 16.2 Å². The smallest absolute Gasteiger partial charge is 0.417 e. The number of amides is 1. The summed E-state index contributed by atoms with van der Waals surface area (Å²) in [5.41, 5.74) is -1.65. The molecule has 0 atom stereocenters. The number of anilines is 2. The molecule has 0 saturated carbocycles. The molecule has 1 amide bonds. The largest absolute Gasteiger partial charge is 0.495 e. The summed E-state index contributed by atoms with van der Waals surface area (Å²) in [6.07, 6.45) is -4.73. The van der Waals surface area contributed by atoms with Crippen molar-refractivity contribution in [3.8, 4) is 5.75 Å². The minimum atomic E-state index is -4.73. The zero-order valence-corrected chi connectivity index (χ0v) is 18.0. The number of para-hydroxylation sites is 1. The van der Waals surface area contributed by atoms with E-state index in [4.69, 9.17) is 16.3 Å². The Morgan fingerprint density at radius 2 is 1.66 bits per heavy atom. The van der Waals surface area contributed by atoms with Gasteiger partial charge in [-0.05, 0) is 42.5 Å². The lowest BCUT2D eigenvalue weighted by atomic mass is 10.1. The van der Waals surface area contributed by atoms with Gasteiger partial charge in [0.15, 0.2) is 0 Å². The number of sulfonamides is 1. The third kappa shape index (κ3) is 5.14. The molecule has 0 fully saturated rings. The van der Waals surface area contributed by atoms with E-state index in [2.05, 4.69) is 10.0 Å². The molecular weight excluding hydrogens is 469 g/mol. The van der Waals surface area contributed by atoms with E-state index in [1.54, 1.807) is 12.1 Å². The van der Waals surface area contributed by atoms with Crippen LogP contribution in [0.3, 0.4) is 0 Å². The summed E-state index contributed by atoms with van der Waals surface area (Å²) < 4.78 is 72.9. The quantitative estimate of drug-likeness (QED) is 0.489. The molecule has 3 aromatic carbocycles. The molecule has 0 bridgehead atoms. The molecule has 0 aromatic heterocycles. The number of carbonyl (C=O) groups excluding carboxylic acids is 1. The van der Waals surface area contributed by atoms with Crippen molar-refractivity contribution in [2.24, 2.45) is 0 Å². The van der Waals surface area contributed by atoms with Gasteiger partial charge in [0.1, 0.15) is 10.6 Å². The van der Waals surface area contributed by atoms with Crippen molar-refractivity contribution in [3.63, 3.8) is 0 Å². The Bertz CT molecular complexity index is 1260. The minimum absolute atomic E-state index is 0.0433. The number of nitrogens with one attached hydrogen (secondary N) is 2. The lowest BCUT2D eigenvalue weighted by molar-refractivity contribution is -0.137. The second-order valence-corrected chi connectivity index (χ2v) is 8.51. The Hall–Kier alpha value is -3.24. The van der Waals surface area contributed by atoms with Crippen molar-refractivity contribution in [3.05, 3.63) is 82.9 Å². The van der Waals surface area contributed by atoms with E-state index in [1.165, 1.54) is 37.4 Å². The zero-order chi connectivity index (χ0) is 23.5. The fourth-order valence-corrected chi connectivity index (χ4v) is 4.35. The number of hydrogen-bond donors (Lipinski definition) is 2. The second kappa shape index (κ2) is 9.09. The summed E-state index contributed by atoms with van der Waals surface area (Å²) in [6.45, 7) is 0. The zero-order valence-electron chi connectivity index (χ0n) is 16.4. The highest BCUT2D eigenvalue weighted by Crippen LogP contribution is 2.33. The van der Waals surface area contributed by atoms with Gasteiger partial charge < -0.3 is 10.1 Å². The normalized spacial score (nSPS) is 11.7. The molecule has 3 aromatic rings. The lowest BCUT2D eigenvalue weighted by Crippen LogP contribution is -2.19. The molecule has 0 unspecified atom stereocenters. The highest BCUT2D eigenvalue weighted by Gasteiger charge is 2.35. The van der Waals surface area contributed by atoms with Crippen LogP contribution in [0.15, 0.2) is 71.6 Å². The van der Waals surface area contributed by atoms with E-state index < -0.39 is 33.2 Å². The molecule has 0 spiro atoms. The van der Waals surface area contributed by atoms with Crippen molar-refractivity contribution in [2.45, 2.75) is 11.1 Å². The third-order valence-corrected chi connectivity index (χ3v) is 6.02. The van der Waals surface area contributed by atoms with Crippen LogP contribution in [0, 0.1) is 0 Å². The van der Waals surface area contributed by atoms with E-state index in [0.29, 0.717) is 0 Å². The third-order valence-electron chi connectivity index (χ3n) is 4.31. The fourth-order valence-electron chi connectivity index (χ4n) is 2.83. The van der Waals surface area contributed by atoms with Gasteiger partial charge in [-0.3, -0.25) is 9.52 Å². The second-order valence-electron chi connectivity index (χ2n) is 6.45. The van der Waals surface area contributed by atoms with E-state index in [-0.39, 0.29) is 27.0 Å². The summed E-state index contributed by atoms with van der Waals surface area (Å²) in [5.74, 6) is -1.09. The molecule has 0 radical (unpaired) electrons. The molecular formula is C21H16ClF3N2O4S. The summed E-state index contributed by atoms with van der Waals surface area (Å²) >= 11 is 6.00. The average molecular weight is 485 g/mol. The van der Waals surface area contributed by atoms with Crippen LogP contribution in [0.5, 0.6) is 5.75 Å². The molecule has 0 heterocycles. The van der Waals surface area contributed by atoms with Gasteiger partial charge in [-0.15, -0.1) is 0 Å². The first-order chi connectivity index (χ1) is 15.0. The summed E-state index contributed by atoms with van der Waals surface area (Å²) in [7, 11) is -2.97. The van der Waals surface area contributed by atoms with Crippen molar-refractivity contribution in [1.82, 2.24) is 0 Å². The Morgan fingerprint density at radius 1 is 1.00 bits per heavy atom. The van der Waals surface area contributed by atoms with Gasteiger partial charge in [-0.25, -0.2) is 8.42 Å². The van der Waals surface area contributed by atoms with Crippen molar-refractivity contribution >= 4 is 38.9 Å². The average Bonchev–Trinajstić information content (AvgIpc) is 2.74. The standard InChI is InChI=1S/C21H16ClF3N2O4S/c1-31-18-11-10-13(26-20(28)14-6-2-3-7-15(14)21(23,24)25)12-19(18)32(29,30)27-17-9-5-4-8-16(17)22/h2-12,27H,1H3,(H,26,28). The van der Waals surface area contributed by atoms with E-state index in [0.717, 1.165) is 24.3 Å². The monoisotopic (exact) mass is 484 g/mol. The molecule has 168 valence electrons.